The van der Waals surface area contributed by atoms with Gasteiger partial charge in [-0.05, 0) is 49.7 Å². The Morgan fingerprint density at radius 3 is 2.58 bits per heavy atom. The van der Waals surface area contributed by atoms with Crippen LogP contribution in [0, 0.1) is 6.92 Å². The van der Waals surface area contributed by atoms with Crippen molar-refractivity contribution >= 4 is 17.5 Å². The quantitative estimate of drug-likeness (QED) is 0.514. The van der Waals surface area contributed by atoms with Gasteiger partial charge in [0.25, 0.3) is 5.91 Å². The van der Waals surface area contributed by atoms with Crippen LogP contribution in [-0.4, -0.2) is 48.3 Å². The Hall–Kier alpha value is -3.26. The lowest BCUT2D eigenvalue weighted by molar-refractivity contribution is -0.137. The van der Waals surface area contributed by atoms with Gasteiger partial charge in [-0.25, -0.2) is 0 Å². The van der Waals surface area contributed by atoms with Gasteiger partial charge < -0.3 is 23.6 Å². The highest BCUT2D eigenvalue weighted by atomic mass is 35.5. The van der Waals surface area contributed by atoms with E-state index in [4.69, 9.17) is 30.3 Å². The molecule has 0 spiro atoms. The fraction of sp³-hybridized carbons (Fsp3) is 0.318. The van der Waals surface area contributed by atoms with Crippen LogP contribution in [0.25, 0.3) is 11.4 Å². The number of carbonyl (C=O) groups is 1. The molecule has 0 aliphatic heterocycles. The van der Waals surface area contributed by atoms with Gasteiger partial charge in [0.1, 0.15) is 17.2 Å². The summed E-state index contributed by atoms with van der Waals surface area (Å²) in [7, 11) is 4.77. The number of aromatic nitrogens is 2. The van der Waals surface area contributed by atoms with Crippen LogP contribution >= 0.6 is 11.6 Å². The Morgan fingerprint density at radius 2 is 1.90 bits per heavy atom. The third-order valence-electron chi connectivity index (χ3n) is 4.66. The molecule has 0 bridgehead atoms. The molecule has 0 saturated carbocycles. The number of benzene rings is 2. The van der Waals surface area contributed by atoms with E-state index in [1.807, 2.05) is 6.92 Å². The van der Waals surface area contributed by atoms with Gasteiger partial charge in [0.2, 0.25) is 11.7 Å². The molecule has 9 heteroatoms. The van der Waals surface area contributed by atoms with Gasteiger partial charge in [0.15, 0.2) is 6.10 Å². The van der Waals surface area contributed by atoms with E-state index in [0.717, 1.165) is 5.56 Å². The molecule has 1 aromatic heterocycles. The van der Waals surface area contributed by atoms with Crippen molar-refractivity contribution < 1.29 is 23.5 Å². The molecule has 1 atom stereocenters. The first-order valence-corrected chi connectivity index (χ1v) is 9.93. The van der Waals surface area contributed by atoms with Crippen molar-refractivity contribution in [3.63, 3.8) is 0 Å². The summed E-state index contributed by atoms with van der Waals surface area (Å²) in [5.41, 5.74) is 1.53. The molecular weight excluding hydrogens is 422 g/mol. The highest BCUT2D eigenvalue weighted by Gasteiger charge is 2.22. The SMILES string of the molecule is COc1ccc(-c2noc(CN(C)C(=O)C(C)Oc3ccc(Cl)c(C)c3)n2)c(OC)c1. The zero-order valence-corrected chi connectivity index (χ0v) is 18.8. The second-order valence-corrected chi connectivity index (χ2v) is 7.35. The second kappa shape index (κ2) is 9.70. The minimum absolute atomic E-state index is 0.137. The van der Waals surface area contributed by atoms with Gasteiger partial charge in [0.05, 0.1) is 26.3 Å². The summed E-state index contributed by atoms with van der Waals surface area (Å²) in [5, 5.41) is 4.65. The third-order valence-corrected chi connectivity index (χ3v) is 5.08. The van der Waals surface area contributed by atoms with Crippen molar-refractivity contribution in [1.29, 1.82) is 0 Å². The highest BCUT2D eigenvalue weighted by molar-refractivity contribution is 6.31. The van der Waals surface area contributed by atoms with E-state index >= 15 is 0 Å². The van der Waals surface area contributed by atoms with Crippen molar-refractivity contribution in [2.75, 3.05) is 21.3 Å². The number of likely N-dealkylation sites (N-methyl/N-ethyl adjacent to an activating group) is 1. The van der Waals surface area contributed by atoms with Gasteiger partial charge >= 0.3 is 0 Å². The van der Waals surface area contributed by atoms with Crippen LogP contribution in [0.5, 0.6) is 17.2 Å². The standard InChI is InChI=1S/C22H24ClN3O5/c1-13-10-16(7-9-18(13)23)30-14(2)22(27)26(3)12-20-24-21(25-31-20)17-8-6-15(28-4)11-19(17)29-5/h6-11,14H,12H2,1-5H3. The summed E-state index contributed by atoms with van der Waals surface area (Å²) in [4.78, 5) is 18.6. The van der Waals surface area contributed by atoms with Crippen LogP contribution < -0.4 is 14.2 Å². The van der Waals surface area contributed by atoms with Crippen molar-refractivity contribution in [3.8, 4) is 28.6 Å². The lowest BCUT2D eigenvalue weighted by Gasteiger charge is -2.21. The lowest BCUT2D eigenvalue weighted by Crippen LogP contribution is -2.37. The minimum atomic E-state index is -0.699. The molecule has 1 amide bonds. The van der Waals surface area contributed by atoms with Gasteiger partial charge in [-0.2, -0.15) is 4.98 Å². The predicted molar refractivity (Wildman–Crippen MR) is 116 cm³/mol. The number of hydrogen-bond acceptors (Lipinski definition) is 7. The van der Waals surface area contributed by atoms with E-state index < -0.39 is 6.10 Å². The van der Waals surface area contributed by atoms with E-state index in [1.165, 1.54) is 4.90 Å². The van der Waals surface area contributed by atoms with Crippen LogP contribution in [0.1, 0.15) is 18.4 Å². The minimum Gasteiger partial charge on any atom is -0.497 e. The zero-order chi connectivity index (χ0) is 22.5. The molecule has 1 heterocycles. The average molecular weight is 446 g/mol. The number of aryl methyl sites for hydroxylation is 1. The molecule has 0 fully saturated rings. The summed E-state index contributed by atoms with van der Waals surface area (Å²) in [6.07, 6.45) is -0.699. The topological polar surface area (TPSA) is 86.9 Å². The molecule has 0 radical (unpaired) electrons. The number of halogens is 1. The number of ether oxygens (including phenoxy) is 3. The maximum absolute atomic E-state index is 12.7. The van der Waals surface area contributed by atoms with Gasteiger partial charge in [-0.15, -0.1) is 0 Å². The molecular formula is C22H24ClN3O5. The first-order chi connectivity index (χ1) is 14.8. The summed E-state index contributed by atoms with van der Waals surface area (Å²) < 4.78 is 21.7. The Bertz CT molecular complexity index is 1070. The first-order valence-electron chi connectivity index (χ1n) is 9.55. The summed E-state index contributed by atoms with van der Waals surface area (Å²) in [6.45, 7) is 3.70. The largest absolute Gasteiger partial charge is 0.497 e. The number of methoxy groups -OCH3 is 2. The molecule has 3 aromatic rings. The molecule has 1 unspecified atom stereocenters. The molecule has 164 valence electrons. The second-order valence-electron chi connectivity index (χ2n) is 6.94. The van der Waals surface area contributed by atoms with E-state index in [-0.39, 0.29) is 12.5 Å². The summed E-state index contributed by atoms with van der Waals surface area (Å²) in [6, 6.07) is 10.6. The molecule has 3 rings (SSSR count). The fourth-order valence-electron chi connectivity index (χ4n) is 2.95. The Morgan fingerprint density at radius 1 is 1.16 bits per heavy atom. The Labute approximate surface area is 185 Å². The van der Waals surface area contributed by atoms with Crippen LogP contribution in [0.3, 0.4) is 0 Å². The molecule has 0 aliphatic rings. The maximum Gasteiger partial charge on any atom is 0.263 e. The van der Waals surface area contributed by atoms with E-state index in [0.29, 0.717) is 39.5 Å². The van der Waals surface area contributed by atoms with Crippen molar-refractivity contribution in [2.24, 2.45) is 0 Å². The molecule has 8 nitrogen and oxygen atoms in total. The molecule has 31 heavy (non-hydrogen) atoms. The summed E-state index contributed by atoms with van der Waals surface area (Å²) >= 11 is 6.03. The molecule has 0 N–H and O–H groups in total. The number of nitrogens with zero attached hydrogens (tertiary/aromatic N) is 3. The Kier molecular flexibility index (Phi) is 7.02. The van der Waals surface area contributed by atoms with Gasteiger partial charge in [-0.3, -0.25) is 4.79 Å². The summed E-state index contributed by atoms with van der Waals surface area (Å²) in [5.74, 6) is 2.20. The molecule has 0 aliphatic carbocycles. The first kappa shape index (κ1) is 22.4. The number of carbonyl (C=O) groups excluding carboxylic acids is 1. The number of amides is 1. The monoisotopic (exact) mass is 445 g/mol. The van der Waals surface area contributed by atoms with Crippen molar-refractivity contribution in [3.05, 3.63) is 52.9 Å². The van der Waals surface area contributed by atoms with Crippen molar-refractivity contribution in [2.45, 2.75) is 26.5 Å². The lowest BCUT2D eigenvalue weighted by atomic mass is 10.2. The van der Waals surface area contributed by atoms with Gasteiger partial charge in [-0.1, -0.05) is 16.8 Å². The predicted octanol–water partition coefficient (Wildman–Crippen LogP) is 4.14. The van der Waals surface area contributed by atoms with E-state index in [2.05, 4.69) is 10.1 Å². The smallest absolute Gasteiger partial charge is 0.263 e. The van der Waals surface area contributed by atoms with E-state index in [1.54, 1.807) is 64.6 Å². The van der Waals surface area contributed by atoms with Crippen LogP contribution in [0.15, 0.2) is 40.9 Å². The fourth-order valence-corrected chi connectivity index (χ4v) is 3.07. The van der Waals surface area contributed by atoms with Crippen molar-refractivity contribution in [1.82, 2.24) is 15.0 Å². The Balaban J connectivity index is 1.67. The molecule has 2 aromatic carbocycles. The molecule has 0 saturated heterocycles. The van der Waals surface area contributed by atoms with Crippen LogP contribution in [-0.2, 0) is 11.3 Å². The average Bonchev–Trinajstić information content (AvgIpc) is 3.23. The normalized spacial score (nSPS) is 11.7. The highest BCUT2D eigenvalue weighted by Crippen LogP contribution is 2.31. The number of rotatable bonds is 8. The number of hydrogen-bond donors (Lipinski definition) is 0. The maximum atomic E-state index is 12.7. The zero-order valence-electron chi connectivity index (χ0n) is 18.0. The van der Waals surface area contributed by atoms with Crippen LogP contribution in [0.4, 0.5) is 0 Å². The van der Waals surface area contributed by atoms with E-state index in [9.17, 15) is 4.79 Å². The van der Waals surface area contributed by atoms with Gasteiger partial charge in [0, 0.05) is 18.1 Å². The van der Waals surface area contributed by atoms with Crippen LogP contribution in [0.2, 0.25) is 5.02 Å². The third kappa shape index (κ3) is 5.27.